The Kier molecular flexibility index (Phi) is 4.73. The minimum atomic E-state index is -6.07. The predicted octanol–water partition coefficient (Wildman–Crippen LogP) is 2.45. The van der Waals surface area contributed by atoms with Crippen molar-refractivity contribution >= 4 is 22.1 Å². The van der Waals surface area contributed by atoms with Gasteiger partial charge in [0.15, 0.2) is 6.61 Å². The average Bonchev–Trinajstić information content (AvgIpc) is 2.48. The molecule has 0 aromatic rings. The number of alkyl halides is 5. The van der Waals surface area contributed by atoms with Gasteiger partial charge in [-0.3, -0.25) is 9.35 Å². The molecule has 4 saturated carbocycles. The van der Waals surface area contributed by atoms with Crippen LogP contribution in [-0.4, -0.2) is 48.5 Å². The van der Waals surface area contributed by atoms with Crippen LogP contribution in [0.5, 0.6) is 0 Å². The Morgan fingerprint density at radius 3 is 2.04 bits per heavy atom. The van der Waals surface area contributed by atoms with Crippen molar-refractivity contribution in [2.45, 2.75) is 55.6 Å². The maximum absolute atomic E-state index is 13.6. The highest BCUT2D eigenvalue weighted by atomic mass is 32.2. The van der Waals surface area contributed by atoms with Crippen LogP contribution >= 0.6 is 0 Å². The summed E-state index contributed by atoms with van der Waals surface area (Å²) in [5.74, 6) is -4.16. The number of halogens is 5. The minimum absolute atomic E-state index is 0.0745. The van der Waals surface area contributed by atoms with E-state index >= 15 is 0 Å². The molecule has 4 rings (SSSR count). The fourth-order valence-electron chi connectivity index (χ4n) is 5.20. The van der Waals surface area contributed by atoms with E-state index in [1.807, 2.05) is 0 Å². The largest absolute Gasteiger partial charge is 0.465 e. The Bertz CT molecular complexity index is 777. The van der Waals surface area contributed by atoms with Gasteiger partial charge in [-0.15, -0.1) is 0 Å². The van der Waals surface area contributed by atoms with Crippen molar-refractivity contribution in [1.82, 2.24) is 0 Å². The molecular formula is C15H17F5O7S. The first-order valence-electron chi connectivity index (χ1n) is 8.40. The number of esters is 2. The van der Waals surface area contributed by atoms with E-state index in [1.165, 1.54) is 0 Å². The molecule has 0 aliphatic heterocycles. The second-order valence-corrected chi connectivity index (χ2v) is 9.46. The van der Waals surface area contributed by atoms with Crippen LogP contribution in [0.1, 0.15) is 38.5 Å². The van der Waals surface area contributed by atoms with Crippen molar-refractivity contribution in [3.05, 3.63) is 0 Å². The van der Waals surface area contributed by atoms with E-state index in [0.29, 0.717) is 6.42 Å². The molecule has 4 bridgehead atoms. The summed E-state index contributed by atoms with van der Waals surface area (Å²) in [5.41, 5.74) is -3.03. The lowest BCUT2D eigenvalue weighted by Gasteiger charge is -2.59. The molecule has 2 unspecified atom stereocenters. The Balaban J connectivity index is 1.82. The van der Waals surface area contributed by atoms with Crippen LogP contribution < -0.4 is 0 Å². The van der Waals surface area contributed by atoms with E-state index in [1.54, 1.807) is 0 Å². The van der Waals surface area contributed by atoms with E-state index in [2.05, 4.69) is 4.74 Å². The Morgan fingerprint density at radius 1 is 1.04 bits per heavy atom. The van der Waals surface area contributed by atoms with E-state index < -0.39 is 51.1 Å². The van der Waals surface area contributed by atoms with Crippen molar-refractivity contribution in [2.24, 2.45) is 17.3 Å². The molecule has 4 aliphatic rings. The first kappa shape index (κ1) is 21.2. The lowest BCUT2D eigenvalue weighted by atomic mass is 9.48. The molecule has 7 nitrogen and oxygen atoms in total. The maximum atomic E-state index is 13.6. The molecule has 2 atom stereocenters. The molecule has 1 N–H and O–H groups in total. The van der Waals surface area contributed by atoms with Gasteiger partial charge in [-0.25, -0.2) is 4.79 Å². The van der Waals surface area contributed by atoms with Gasteiger partial charge in [0.2, 0.25) is 0 Å². The van der Waals surface area contributed by atoms with Gasteiger partial charge in [-0.05, 0) is 43.9 Å². The van der Waals surface area contributed by atoms with E-state index in [0.717, 1.165) is 0 Å². The van der Waals surface area contributed by atoms with Crippen molar-refractivity contribution < 1.29 is 54.0 Å². The van der Waals surface area contributed by atoms with Crippen LogP contribution in [0.4, 0.5) is 22.0 Å². The maximum Gasteiger partial charge on any atom is 0.465 e. The molecule has 4 fully saturated rings. The van der Waals surface area contributed by atoms with Crippen LogP contribution in [0.3, 0.4) is 0 Å². The molecule has 0 aromatic carbocycles. The number of carbonyl (C=O) groups excluding carboxylic acids is 2. The molecule has 0 aromatic heterocycles. The summed E-state index contributed by atoms with van der Waals surface area (Å²) < 4.78 is 104. The zero-order chi connectivity index (χ0) is 21.2. The van der Waals surface area contributed by atoms with E-state index in [4.69, 9.17) is 9.29 Å². The average molecular weight is 436 g/mol. The minimum Gasteiger partial charge on any atom is -0.456 e. The number of hydrogen-bond donors (Lipinski definition) is 1. The van der Waals surface area contributed by atoms with Crippen molar-refractivity contribution in [3.63, 3.8) is 0 Å². The summed E-state index contributed by atoms with van der Waals surface area (Å²) in [6.45, 7) is -1.80. The fraction of sp³-hybridized carbons (Fsp3) is 0.867. The van der Waals surface area contributed by atoms with Crippen LogP contribution in [0.15, 0.2) is 0 Å². The summed E-state index contributed by atoms with van der Waals surface area (Å²) in [6.07, 6.45) is -3.99. The summed E-state index contributed by atoms with van der Waals surface area (Å²) in [4.78, 5) is 24.1. The number of rotatable bonds is 5. The number of carbonyl (C=O) groups is 2. The van der Waals surface area contributed by atoms with Gasteiger partial charge < -0.3 is 9.47 Å². The van der Waals surface area contributed by atoms with Gasteiger partial charge in [0, 0.05) is 6.42 Å². The molecule has 0 amide bonds. The normalized spacial score (nSPS) is 34.9. The highest BCUT2D eigenvalue weighted by Crippen LogP contribution is 2.63. The van der Waals surface area contributed by atoms with E-state index in [9.17, 15) is 40.0 Å². The molecule has 0 saturated heterocycles. The monoisotopic (exact) mass is 436 g/mol. The van der Waals surface area contributed by atoms with Gasteiger partial charge in [-0.2, -0.15) is 30.4 Å². The first-order chi connectivity index (χ1) is 12.6. The molecule has 0 spiro atoms. The molecule has 160 valence electrons. The molecule has 13 heteroatoms. The summed E-state index contributed by atoms with van der Waals surface area (Å²) in [6, 6.07) is 0. The SMILES string of the molecule is O=C(OCC(F)(F)F)C12CC3CC(CC(OC(=O)C(F)(F)S(=O)(=O)O)(C3)C1)C2. The topological polar surface area (TPSA) is 107 Å². The molecule has 28 heavy (non-hydrogen) atoms. The van der Waals surface area contributed by atoms with E-state index in [-0.39, 0.29) is 43.9 Å². The highest BCUT2D eigenvalue weighted by molar-refractivity contribution is 7.87. The second-order valence-electron chi connectivity index (χ2n) is 8.00. The fourth-order valence-corrected chi connectivity index (χ4v) is 5.45. The van der Waals surface area contributed by atoms with Gasteiger partial charge in [0.05, 0.1) is 5.41 Å². The van der Waals surface area contributed by atoms with Crippen molar-refractivity contribution in [2.75, 3.05) is 6.61 Å². The zero-order valence-electron chi connectivity index (χ0n) is 14.3. The first-order valence-corrected chi connectivity index (χ1v) is 9.84. The van der Waals surface area contributed by atoms with Crippen LogP contribution in [0, 0.1) is 17.3 Å². The number of ether oxygens (including phenoxy) is 2. The lowest BCUT2D eigenvalue weighted by molar-refractivity contribution is -0.228. The van der Waals surface area contributed by atoms with Crippen LogP contribution in [0.25, 0.3) is 0 Å². The van der Waals surface area contributed by atoms with Gasteiger partial charge >= 0.3 is 33.5 Å². The third-order valence-corrected chi connectivity index (χ3v) is 6.49. The van der Waals surface area contributed by atoms with Crippen molar-refractivity contribution in [3.8, 4) is 0 Å². The summed E-state index contributed by atoms with van der Waals surface area (Å²) in [5, 5.41) is -5.19. The smallest absolute Gasteiger partial charge is 0.456 e. The standard InChI is InChI=1S/C15H17F5O7S/c16-14(17,18)7-26-10(21)12-2-8-1-9(3-12)5-13(4-8,6-12)27-11(22)15(19,20)28(23,24)25/h8-9H,1-7H2,(H,23,24,25). The zero-order valence-corrected chi connectivity index (χ0v) is 15.1. The Labute approximate surface area is 156 Å². The Hall–Kier alpha value is -1.50. The predicted molar refractivity (Wildman–Crippen MR) is 79.4 cm³/mol. The van der Waals surface area contributed by atoms with Crippen LogP contribution in [-0.2, 0) is 29.2 Å². The molecule has 0 heterocycles. The Morgan fingerprint density at radius 2 is 1.57 bits per heavy atom. The molecule has 0 radical (unpaired) electrons. The summed E-state index contributed by atoms with van der Waals surface area (Å²) >= 11 is 0. The third-order valence-electron chi connectivity index (χ3n) is 5.68. The highest BCUT2D eigenvalue weighted by Gasteiger charge is 2.65. The lowest BCUT2D eigenvalue weighted by Crippen LogP contribution is -2.61. The quantitative estimate of drug-likeness (QED) is 0.401. The third kappa shape index (κ3) is 3.70. The van der Waals surface area contributed by atoms with Crippen LogP contribution in [0.2, 0.25) is 0 Å². The number of hydrogen-bond acceptors (Lipinski definition) is 6. The summed E-state index contributed by atoms with van der Waals surface area (Å²) in [7, 11) is -6.07. The molecular weight excluding hydrogens is 419 g/mol. The molecule has 4 aliphatic carbocycles. The van der Waals surface area contributed by atoms with Gasteiger partial charge in [0.1, 0.15) is 5.60 Å². The van der Waals surface area contributed by atoms with Gasteiger partial charge in [-0.1, -0.05) is 0 Å². The second kappa shape index (κ2) is 6.25. The van der Waals surface area contributed by atoms with Gasteiger partial charge in [0.25, 0.3) is 0 Å². The van der Waals surface area contributed by atoms with Crippen molar-refractivity contribution in [1.29, 1.82) is 0 Å².